The molecule has 3 heterocycles. The molecule has 0 aliphatic heterocycles. The molecule has 0 aromatic carbocycles. The molecule has 3 rings (SSSR count). The highest BCUT2D eigenvalue weighted by atomic mass is 35.5. The standard InChI is InChI=1S/C16H14ClN3/c1-3-14(15-8-13(17)9-19-11(15)2)12-4-5-16-18-6-7-20(16)10-12/h3-10H,1-2H3/b14-3-. The Hall–Kier alpha value is -2.13. The third-order valence-corrected chi connectivity index (χ3v) is 3.54. The summed E-state index contributed by atoms with van der Waals surface area (Å²) in [4.78, 5) is 8.59. The van der Waals surface area contributed by atoms with Gasteiger partial charge in [-0.15, -0.1) is 0 Å². The van der Waals surface area contributed by atoms with Crippen molar-refractivity contribution in [3.05, 3.63) is 70.9 Å². The van der Waals surface area contributed by atoms with Crippen molar-refractivity contribution in [2.75, 3.05) is 0 Å². The zero-order chi connectivity index (χ0) is 14.1. The maximum atomic E-state index is 6.08. The zero-order valence-electron chi connectivity index (χ0n) is 11.3. The molecule has 0 unspecified atom stereocenters. The molecule has 100 valence electrons. The van der Waals surface area contributed by atoms with Crippen LogP contribution >= 0.6 is 11.6 Å². The number of imidazole rings is 1. The lowest BCUT2D eigenvalue weighted by Gasteiger charge is -2.11. The van der Waals surface area contributed by atoms with Gasteiger partial charge < -0.3 is 4.40 Å². The van der Waals surface area contributed by atoms with Crippen molar-refractivity contribution >= 4 is 22.8 Å². The van der Waals surface area contributed by atoms with Crippen molar-refractivity contribution in [2.24, 2.45) is 0 Å². The van der Waals surface area contributed by atoms with Crippen LogP contribution in [0.25, 0.3) is 11.2 Å². The normalized spacial score (nSPS) is 12.1. The van der Waals surface area contributed by atoms with Gasteiger partial charge in [0.1, 0.15) is 5.65 Å². The molecule has 0 spiro atoms. The smallest absolute Gasteiger partial charge is 0.136 e. The van der Waals surface area contributed by atoms with E-state index in [1.807, 2.05) is 36.6 Å². The predicted octanol–water partition coefficient (Wildman–Crippen LogP) is 4.14. The number of allylic oxidation sites excluding steroid dienone is 1. The van der Waals surface area contributed by atoms with Crippen LogP contribution in [-0.4, -0.2) is 14.4 Å². The van der Waals surface area contributed by atoms with Gasteiger partial charge in [0.05, 0.1) is 5.02 Å². The Morgan fingerprint density at radius 2 is 2.15 bits per heavy atom. The van der Waals surface area contributed by atoms with Crippen LogP contribution in [0.15, 0.2) is 49.1 Å². The number of nitrogens with zero attached hydrogens (tertiary/aromatic N) is 3. The van der Waals surface area contributed by atoms with E-state index in [-0.39, 0.29) is 0 Å². The molecule has 0 N–H and O–H groups in total. The molecular weight excluding hydrogens is 270 g/mol. The first-order chi connectivity index (χ1) is 9.69. The van der Waals surface area contributed by atoms with E-state index >= 15 is 0 Å². The molecule has 4 heteroatoms. The second kappa shape index (κ2) is 5.10. The lowest BCUT2D eigenvalue weighted by atomic mass is 9.98. The highest BCUT2D eigenvalue weighted by Crippen LogP contribution is 2.27. The average molecular weight is 284 g/mol. The van der Waals surface area contributed by atoms with Gasteiger partial charge in [-0.1, -0.05) is 17.7 Å². The number of halogens is 1. The first-order valence-electron chi connectivity index (χ1n) is 6.41. The van der Waals surface area contributed by atoms with Crippen LogP contribution in [0.3, 0.4) is 0 Å². The number of rotatable bonds is 2. The summed E-state index contributed by atoms with van der Waals surface area (Å²) in [5.41, 5.74) is 5.19. The third-order valence-electron chi connectivity index (χ3n) is 3.33. The molecule has 3 aromatic rings. The number of pyridine rings is 2. The number of aromatic nitrogens is 3. The molecule has 0 aliphatic carbocycles. The Morgan fingerprint density at radius 1 is 1.30 bits per heavy atom. The Labute approximate surface area is 122 Å². The lowest BCUT2D eigenvalue weighted by molar-refractivity contribution is 1.16. The minimum Gasteiger partial charge on any atom is -0.306 e. The second-order valence-electron chi connectivity index (χ2n) is 4.60. The van der Waals surface area contributed by atoms with E-state index in [9.17, 15) is 0 Å². The predicted molar refractivity (Wildman–Crippen MR) is 81.9 cm³/mol. The molecule has 0 saturated heterocycles. The Kier molecular flexibility index (Phi) is 3.28. The molecule has 0 fully saturated rings. The quantitative estimate of drug-likeness (QED) is 0.707. The van der Waals surface area contributed by atoms with Gasteiger partial charge in [0.25, 0.3) is 0 Å². The number of hydrogen-bond donors (Lipinski definition) is 0. The van der Waals surface area contributed by atoms with Crippen LogP contribution in [-0.2, 0) is 0 Å². The Balaban J connectivity index is 2.16. The molecule has 0 radical (unpaired) electrons. The number of hydrogen-bond acceptors (Lipinski definition) is 2. The summed E-state index contributed by atoms with van der Waals surface area (Å²) < 4.78 is 2.01. The van der Waals surface area contributed by atoms with Gasteiger partial charge in [-0.25, -0.2) is 4.98 Å². The fraction of sp³-hybridized carbons (Fsp3) is 0.125. The summed E-state index contributed by atoms with van der Waals surface area (Å²) in [5.74, 6) is 0. The first-order valence-corrected chi connectivity index (χ1v) is 6.79. The fourth-order valence-electron chi connectivity index (χ4n) is 2.34. The van der Waals surface area contributed by atoms with E-state index in [1.165, 1.54) is 0 Å². The van der Waals surface area contributed by atoms with Crippen LogP contribution in [0.4, 0.5) is 0 Å². The van der Waals surface area contributed by atoms with E-state index in [2.05, 4.69) is 28.3 Å². The molecule has 0 amide bonds. The monoisotopic (exact) mass is 283 g/mol. The van der Waals surface area contributed by atoms with Crippen molar-refractivity contribution in [3.8, 4) is 0 Å². The van der Waals surface area contributed by atoms with E-state index in [0.29, 0.717) is 5.02 Å². The zero-order valence-corrected chi connectivity index (χ0v) is 12.1. The summed E-state index contributed by atoms with van der Waals surface area (Å²) in [6.07, 6.45) is 9.55. The van der Waals surface area contributed by atoms with Crippen LogP contribution in [0.1, 0.15) is 23.7 Å². The molecular formula is C16H14ClN3. The van der Waals surface area contributed by atoms with E-state index < -0.39 is 0 Å². The van der Waals surface area contributed by atoms with E-state index in [1.54, 1.807) is 12.4 Å². The van der Waals surface area contributed by atoms with Gasteiger partial charge in [-0.05, 0) is 43.2 Å². The van der Waals surface area contributed by atoms with Crippen molar-refractivity contribution in [2.45, 2.75) is 13.8 Å². The molecule has 20 heavy (non-hydrogen) atoms. The fourth-order valence-corrected chi connectivity index (χ4v) is 2.50. The average Bonchev–Trinajstić information content (AvgIpc) is 2.91. The summed E-state index contributed by atoms with van der Waals surface area (Å²) in [5, 5.41) is 0.647. The van der Waals surface area contributed by atoms with E-state index in [0.717, 1.165) is 28.0 Å². The molecule has 0 saturated carbocycles. The number of aryl methyl sites for hydroxylation is 1. The van der Waals surface area contributed by atoms with Crippen LogP contribution in [0.2, 0.25) is 5.02 Å². The molecule has 0 atom stereocenters. The van der Waals surface area contributed by atoms with Crippen molar-refractivity contribution < 1.29 is 0 Å². The first kappa shape index (κ1) is 12.9. The topological polar surface area (TPSA) is 30.2 Å². The third kappa shape index (κ3) is 2.21. The van der Waals surface area contributed by atoms with Crippen molar-refractivity contribution in [3.63, 3.8) is 0 Å². The summed E-state index contributed by atoms with van der Waals surface area (Å²) >= 11 is 6.08. The van der Waals surface area contributed by atoms with Crippen LogP contribution in [0, 0.1) is 6.92 Å². The minimum atomic E-state index is 0.647. The molecule has 0 aliphatic rings. The minimum absolute atomic E-state index is 0.647. The van der Waals surface area contributed by atoms with E-state index in [4.69, 9.17) is 11.6 Å². The van der Waals surface area contributed by atoms with Gasteiger partial charge >= 0.3 is 0 Å². The summed E-state index contributed by atoms with van der Waals surface area (Å²) in [6.45, 7) is 4.01. The molecule has 3 nitrogen and oxygen atoms in total. The van der Waals surface area contributed by atoms with Crippen molar-refractivity contribution in [1.82, 2.24) is 14.4 Å². The van der Waals surface area contributed by atoms with Gasteiger partial charge in [-0.3, -0.25) is 4.98 Å². The highest BCUT2D eigenvalue weighted by Gasteiger charge is 2.10. The second-order valence-corrected chi connectivity index (χ2v) is 5.04. The maximum Gasteiger partial charge on any atom is 0.136 e. The van der Waals surface area contributed by atoms with Gasteiger partial charge in [0, 0.05) is 36.0 Å². The highest BCUT2D eigenvalue weighted by molar-refractivity contribution is 6.30. The SMILES string of the molecule is C/C=C(/c1ccc2nccn2c1)c1cc(Cl)cnc1C. The van der Waals surface area contributed by atoms with Crippen LogP contribution in [0.5, 0.6) is 0 Å². The number of fused-ring (bicyclic) bond motifs is 1. The lowest BCUT2D eigenvalue weighted by Crippen LogP contribution is -1.96. The maximum absolute atomic E-state index is 6.08. The van der Waals surface area contributed by atoms with Crippen LogP contribution < -0.4 is 0 Å². The largest absolute Gasteiger partial charge is 0.306 e. The van der Waals surface area contributed by atoms with Crippen molar-refractivity contribution in [1.29, 1.82) is 0 Å². The summed E-state index contributed by atoms with van der Waals surface area (Å²) in [6, 6.07) is 6.03. The molecule has 0 bridgehead atoms. The van der Waals surface area contributed by atoms with Gasteiger partial charge in [0.2, 0.25) is 0 Å². The Morgan fingerprint density at radius 3 is 2.95 bits per heavy atom. The molecule has 3 aromatic heterocycles. The summed E-state index contributed by atoms with van der Waals surface area (Å²) in [7, 11) is 0. The van der Waals surface area contributed by atoms with Gasteiger partial charge in [-0.2, -0.15) is 0 Å². The van der Waals surface area contributed by atoms with Gasteiger partial charge in [0.15, 0.2) is 0 Å². The Bertz CT molecular complexity index is 802.